The lowest BCUT2D eigenvalue weighted by Gasteiger charge is -2.20. The summed E-state index contributed by atoms with van der Waals surface area (Å²) in [5.41, 5.74) is 0. The predicted octanol–water partition coefficient (Wildman–Crippen LogP) is 0.476. The summed E-state index contributed by atoms with van der Waals surface area (Å²) in [7, 11) is 0. The Morgan fingerprint density at radius 2 is 2.18 bits per heavy atom. The molecule has 0 aliphatic carbocycles. The first kappa shape index (κ1) is 8.80. The van der Waals surface area contributed by atoms with Gasteiger partial charge in [0.25, 0.3) is 0 Å². The highest BCUT2D eigenvalue weighted by Gasteiger charge is 2.44. The fourth-order valence-corrected chi connectivity index (χ4v) is 1.05. The molecule has 1 aliphatic rings. The van der Waals surface area contributed by atoms with Crippen molar-refractivity contribution in [2.75, 3.05) is 6.54 Å². The molecule has 1 saturated heterocycles. The zero-order valence-electron chi connectivity index (χ0n) is 5.73. The van der Waals surface area contributed by atoms with Crippen molar-refractivity contribution in [2.24, 2.45) is 0 Å². The minimum Gasteiger partial charge on any atom is -0.382 e. The van der Waals surface area contributed by atoms with Gasteiger partial charge in [-0.15, -0.1) is 0 Å². The van der Waals surface area contributed by atoms with E-state index in [9.17, 15) is 13.2 Å². The van der Waals surface area contributed by atoms with E-state index < -0.39 is 18.3 Å². The SMILES string of the molecule is OC([C@H]1C[CH]CN1)C(F)(F)F. The minimum absolute atomic E-state index is 0.278. The lowest BCUT2D eigenvalue weighted by Crippen LogP contribution is -2.44. The molecule has 0 aromatic rings. The van der Waals surface area contributed by atoms with Crippen LogP contribution in [0.1, 0.15) is 6.42 Å². The Balaban J connectivity index is 2.46. The van der Waals surface area contributed by atoms with Crippen LogP contribution >= 0.6 is 0 Å². The van der Waals surface area contributed by atoms with Gasteiger partial charge in [0.2, 0.25) is 0 Å². The smallest absolute Gasteiger partial charge is 0.382 e. The van der Waals surface area contributed by atoms with Gasteiger partial charge in [-0.05, 0) is 19.4 Å². The summed E-state index contributed by atoms with van der Waals surface area (Å²) in [4.78, 5) is 0. The average molecular weight is 168 g/mol. The number of alkyl halides is 3. The number of hydrogen-bond acceptors (Lipinski definition) is 2. The van der Waals surface area contributed by atoms with Crippen LogP contribution < -0.4 is 5.32 Å². The Labute approximate surface area is 62.4 Å². The van der Waals surface area contributed by atoms with Gasteiger partial charge in [0, 0.05) is 6.04 Å². The van der Waals surface area contributed by atoms with Gasteiger partial charge in [-0.2, -0.15) is 13.2 Å². The van der Waals surface area contributed by atoms with Crippen molar-refractivity contribution in [3.63, 3.8) is 0 Å². The number of nitrogens with one attached hydrogen (secondary N) is 1. The van der Waals surface area contributed by atoms with Gasteiger partial charge >= 0.3 is 6.18 Å². The van der Waals surface area contributed by atoms with Gasteiger partial charge in [0.1, 0.15) is 0 Å². The molecular formula is C6H9F3NO. The van der Waals surface area contributed by atoms with Crippen LogP contribution in [0.15, 0.2) is 0 Å². The van der Waals surface area contributed by atoms with Crippen molar-refractivity contribution in [1.82, 2.24) is 5.32 Å². The van der Waals surface area contributed by atoms with Crippen LogP contribution in [0.2, 0.25) is 0 Å². The number of halogens is 3. The molecule has 1 radical (unpaired) electrons. The van der Waals surface area contributed by atoms with E-state index in [-0.39, 0.29) is 6.42 Å². The van der Waals surface area contributed by atoms with Gasteiger partial charge in [0.05, 0.1) is 0 Å². The van der Waals surface area contributed by atoms with E-state index in [1.807, 2.05) is 0 Å². The minimum atomic E-state index is -4.50. The summed E-state index contributed by atoms with van der Waals surface area (Å²) >= 11 is 0. The highest BCUT2D eigenvalue weighted by atomic mass is 19.4. The standard InChI is InChI=1S/C6H9F3NO/c7-6(8,9)5(11)4-2-1-3-10-4/h1,4-5,10-11H,2-3H2/t4-,5?/m1/s1. The van der Waals surface area contributed by atoms with E-state index >= 15 is 0 Å². The molecule has 2 nitrogen and oxygen atoms in total. The van der Waals surface area contributed by atoms with E-state index in [0.717, 1.165) is 0 Å². The van der Waals surface area contributed by atoms with Gasteiger partial charge < -0.3 is 10.4 Å². The summed E-state index contributed by atoms with van der Waals surface area (Å²) in [6.07, 6.45) is -4.78. The van der Waals surface area contributed by atoms with Crippen molar-refractivity contribution < 1.29 is 18.3 Å². The molecule has 0 bridgehead atoms. The summed E-state index contributed by atoms with van der Waals surface area (Å²) in [6, 6.07) is -0.852. The molecule has 0 saturated carbocycles. The quantitative estimate of drug-likeness (QED) is 0.596. The molecule has 5 heteroatoms. The molecule has 0 aromatic carbocycles. The number of rotatable bonds is 1. The van der Waals surface area contributed by atoms with E-state index in [1.54, 1.807) is 6.42 Å². The van der Waals surface area contributed by atoms with E-state index in [1.165, 1.54) is 0 Å². The van der Waals surface area contributed by atoms with Crippen molar-refractivity contribution >= 4 is 0 Å². The molecular weight excluding hydrogens is 159 g/mol. The summed E-state index contributed by atoms with van der Waals surface area (Å²) < 4.78 is 35.4. The molecule has 0 spiro atoms. The highest BCUT2D eigenvalue weighted by molar-refractivity contribution is 4.93. The van der Waals surface area contributed by atoms with Crippen LogP contribution in [0, 0.1) is 6.42 Å². The second-order valence-electron chi connectivity index (χ2n) is 2.53. The molecule has 2 atom stereocenters. The van der Waals surface area contributed by atoms with Crippen LogP contribution in [-0.4, -0.2) is 30.0 Å². The normalized spacial score (nSPS) is 28.9. The zero-order valence-corrected chi connectivity index (χ0v) is 5.73. The van der Waals surface area contributed by atoms with Crippen molar-refractivity contribution in [2.45, 2.75) is 24.7 Å². The van der Waals surface area contributed by atoms with E-state index in [4.69, 9.17) is 5.11 Å². The first-order chi connectivity index (χ1) is 5.02. The Morgan fingerprint density at radius 3 is 2.55 bits per heavy atom. The maximum absolute atomic E-state index is 11.8. The fraction of sp³-hybridized carbons (Fsp3) is 0.833. The van der Waals surface area contributed by atoms with Crippen molar-refractivity contribution in [3.05, 3.63) is 6.42 Å². The lowest BCUT2D eigenvalue weighted by atomic mass is 10.1. The summed E-state index contributed by atoms with van der Waals surface area (Å²) in [5.74, 6) is 0. The third kappa shape index (κ3) is 2.07. The summed E-state index contributed by atoms with van der Waals surface area (Å²) in [6.45, 7) is 0.442. The number of aliphatic hydroxyl groups is 1. The fourth-order valence-electron chi connectivity index (χ4n) is 1.05. The van der Waals surface area contributed by atoms with Gasteiger partial charge in [-0.1, -0.05) is 0 Å². The monoisotopic (exact) mass is 168 g/mol. The molecule has 1 unspecified atom stereocenters. The third-order valence-electron chi connectivity index (χ3n) is 1.66. The number of hydrogen-bond donors (Lipinski definition) is 2. The topological polar surface area (TPSA) is 32.3 Å². The van der Waals surface area contributed by atoms with E-state index in [0.29, 0.717) is 6.54 Å². The van der Waals surface area contributed by atoms with Crippen LogP contribution in [0.5, 0.6) is 0 Å². The van der Waals surface area contributed by atoms with E-state index in [2.05, 4.69) is 5.32 Å². The molecule has 11 heavy (non-hydrogen) atoms. The second kappa shape index (κ2) is 2.98. The van der Waals surface area contributed by atoms with Crippen molar-refractivity contribution in [1.29, 1.82) is 0 Å². The lowest BCUT2D eigenvalue weighted by molar-refractivity contribution is -0.210. The van der Waals surface area contributed by atoms with Crippen LogP contribution in [0.4, 0.5) is 13.2 Å². The van der Waals surface area contributed by atoms with Crippen molar-refractivity contribution in [3.8, 4) is 0 Å². The summed E-state index contributed by atoms with van der Waals surface area (Å²) in [5, 5.41) is 11.2. The maximum Gasteiger partial charge on any atom is 0.415 e. The van der Waals surface area contributed by atoms with Gasteiger partial charge in [-0.25, -0.2) is 0 Å². The molecule has 1 fully saturated rings. The molecule has 0 amide bonds. The Morgan fingerprint density at radius 1 is 1.55 bits per heavy atom. The molecule has 0 aromatic heterocycles. The van der Waals surface area contributed by atoms with Gasteiger partial charge in [-0.3, -0.25) is 0 Å². The maximum atomic E-state index is 11.8. The number of aliphatic hydroxyl groups excluding tert-OH is 1. The molecule has 1 aliphatic heterocycles. The Hall–Kier alpha value is -0.290. The zero-order chi connectivity index (χ0) is 8.48. The van der Waals surface area contributed by atoms with Crippen LogP contribution in [-0.2, 0) is 0 Å². The third-order valence-corrected chi connectivity index (χ3v) is 1.66. The van der Waals surface area contributed by atoms with Crippen LogP contribution in [0.3, 0.4) is 0 Å². The first-order valence-electron chi connectivity index (χ1n) is 3.31. The average Bonchev–Trinajstić information content (AvgIpc) is 2.34. The van der Waals surface area contributed by atoms with Crippen LogP contribution in [0.25, 0.3) is 0 Å². The first-order valence-corrected chi connectivity index (χ1v) is 3.31. The Bertz CT molecular complexity index is 130. The second-order valence-corrected chi connectivity index (χ2v) is 2.53. The predicted molar refractivity (Wildman–Crippen MR) is 32.8 cm³/mol. The molecule has 1 rings (SSSR count). The molecule has 65 valence electrons. The highest BCUT2D eigenvalue weighted by Crippen LogP contribution is 2.25. The Kier molecular flexibility index (Phi) is 2.39. The molecule has 1 heterocycles. The largest absolute Gasteiger partial charge is 0.415 e. The van der Waals surface area contributed by atoms with Gasteiger partial charge in [0.15, 0.2) is 6.10 Å². The molecule has 2 N–H and O–H groups in total.